The van der Waals surface area contributed by atoms with Gasteiger partial charge in [0.05, 0.1) is 24.4 Å². The minimum Gasteiger partial charge on any atom is -0.481 e. The third kappa shape index (κ3) is 6.79. The fraction of sp³-hybridized carbons (Fsp3) is 0.870. The summed E-state index contributed by atoms with van der Waals surface area (Å²) in [6, 6.07) is 0. The third-order valence-electron chi connectivity index (χ3n) is 22.3. The average molecular weight is 874 g/mol. The maximum absolute atomic E-state index is 15.3. The second-order valence-electron chi connectivity index (χ2n) is 25.4. The summed E-state index contributed by atoms with van der Waals surface area (Å²) in [5.74, 6) is 0.596. The molecule has 352 valence electrons. The summed E-state index contributed by atoms with van der Waals surface area (Å²) in [4.78, 5) is 69.1. The largest absolute Gasteiger partial charge is 0.481 e. The van der Waals surface area contributed by atoms with E-state index in [0.717, 1.165) is 70.6 Å². The number of allylic oxidation sites excluding steroid dienone is 1. The zero-order chi connectivity index (χ0) is 46.0. The molecular weight excluding hydrogens is 791 g/mol. The molecule has 1 aliphatic heterocycles. The molecule has 9 heteroatoms. The number of aliphatic carboxylic acids is 1. The van der Waals surface area contributed by atoms with Crippen LogP contribution < -0.4 is 0 Å². The number of likely N-dealkylation sites (tertiary alicyclic amines) is 1. The molecule has 7 aliphatic carbocycles. The number of esters is 2. The van der Waals surface area contributed by atoms with Gasteiger partial charge in [-0.15, -0.1) is 0 Å². The summed E-state index contributed by atoms with van der Waals surface area (Å²) in [5.41, 5.74) is 0.157. The second-order valence-corrected chi connectivity index (χ2v) is 25.4. The molecule has 63 heavy (non-hydrogen) atoms. The van der Waals surface area contributed by atoms with Crippen LogP contribution in [0.4, 0.5) is 0 Å². The van der Waals surface area contributed by atoms with Gasteiger partial charge in [-0.3, -0.25) is 24.0 Å². The Balaban J connectivity index is 0.964. The molecule has 9 nitrogen and oxygen atoms in total. The van der Waals surface area contributed by atoms with Crippen molar-refractivity contribution in [2.24, 2.45) is 97.1 Å². The third-order valence-corrected chi connectivity index (χ3v) is 22.3. The van der Waals surface area contributed by atoms with Crippen molar-refractivity contribution in [1.82, 2.24) is 4.90 Å². The number of piperidine rings is 1. The molecule has 8 rings (SSSR count). The molecule has 14 atom stereocenters. The number of nitrogens with zero attached hydrogens (tertiary/aromatic N) is 1. The minimum atomic E-state index is -0.826. The summed E-state index contributed by atoms with van der Waals surface area (Å²) < 4.78 is 11.7. The van der Waals surface area contributed by atoms with Crippen molar-refractivity contribution in [2.75, 3.05) is 19.7 Å². The molecule has 8 aliphatic rings. The van der Waals surface area contributed by atoms with Crippen LogP contribution >= 0.6 is 0 Å². The number of carboxylic acid groups (broad SMARTS) is 1. The molecule has 8 fully saturated rings. The van der Waals surface area contributed by atoms with Crippen LogP contribution in [0, 0.1) is 97.1 Å². The van der Waals surface area contributed by atoms with E-state index in [0.29, 0.717) is 80.8 Å². The number of fused-ring (bicyclic) bond motifs is 7. The van der Waals surface area contributed by atoms with Crippen LogP contribution in [0.1, 0.15) is 172 Å². The van der Waals surface area contributed by atoms with Crippen molar-refractivity contribution < 1.29 is 38.6 Å². The number of carbonyl (C=O) groups is 5. The number of hydrogen-bond donors (Lipinski definition) is 1. The van der Waals surface area contributed by atoms with Gasteiger partial charge in [-0.25, -0.2) is 0 Å². The SMILES string of the molecule is C=C(C)[C@@H]1CC[C@]2(C(=O)CC3C[C@@H](C(=O)N4CCC(C(=O)OCC)CC4)C3(C)C)CC[C@]3(C)[C@H](CC[C@@H]4[C@@]5(C)CC[C@H](OC(=O)[C@H]6C[C@@H](C(=O)O)C6(C)C)C(C)(C)[C@@H]5CC[C@]43C)[C@@H]12. The van der Waals surface area contributed by atoms with Crippen molar-refractivity contribution >= 4 is 29.6 Å². The number of ketones is 1. The Morgan fingerprint density at radius 1 is 0.683 bits per heavy atom. The molecule has 1 saturated heterocycles. The number of ether oxygens (including phenoxy) is 2. The molecule has 7 saturated carbocycles. The van der Waals surface area contributed by atoms with E-state index < -0.39 is 17.3 Å². The average Bonchev–Trinajstić information content (AvgIpc) is 3.61. The Hall–Kier alpha value is -2.71. The highest BCUT2D eigenvalue weighted by molar-refractivity contribution is 5.87. The lowest BCUT2D eigenvalue weighted by atomic mass is 9.32. The van der Waals surface area contributed by atoms with Gasteiger partial charge in [0, 0.05) is 36.3 Å². The number of Topliss-reactive ketones (excluding diaryl/α,β-unsaturated/α-hetero) is 1. The van der Waals surface area contributed by atoms with E-state index in [2.05, 4.69) is 62.0 Å². The van der Waals surface area contributed by atoms with E-state index in [9.17, 15) is 24.3 Å². The highest BCUT2D eigenvalue weighted by Gasteiger charge is 2.72. The maximum Gasteiger partial charge on any atom is 0.309 e. The van der Waals surface area contributed by atoms with E-state index in [1.165, 1.54) is 5.57 Å². The predicted octanol–water partition coefficient (Wildman–Crippen LogP) is 10.7. The highest BCUT2D eigenvalue weighted by Crippen LogP contribution is 2.78. The van der Waals surface area contributed by atoms with Gasteiger partial charge in [0.2, 0.25) is 5.91 Å². The van der Waals surface area contributed by atoms with Gasteiger partial charge in [0.15, 0.2) is 0 Å². The van der Waals surface area contributed by atoms with E-state index >= 15 is 4.79 Å². The Bertz CT molecular complexity index is 1890. The van der Waals surface area contributed by atoms with Crippen LogP contribution in [0.3, 0.4) is 0 Å². The Kier molecular flexibility index (Phi) is 11.7. The van der Waals surface area contributed by atoms with E-state index in [1.807, 2.05) is 25.7 Å². The van der Waals surface area contributed by atoms with Crippen LogP contribution in [0.15, 0.2) is 12.2 Å². The molecule has 0 aromatic carbocycles. The number of carbonyl (C=O) groups excluding carboxylic acids is 4. The molecule has 0 bridgehead atoms. The summed E-state index contributed by atoms with van der Waals surface area (Å²) in [6.07, 6.45) is 13.2. The molecule has 1 amide bonds. The maximum atomic E-state index is 15.3. The first-order valence-corrected chi connectivity index (χ1v) is 25.4. The molecule has 1 unspecified atom stereocenters. The van der Waals surface area contributed by atoms with Crippen LogP contribution in [0.2, 0.25) is 0 Å². The van der Waals surface area contributed by atoms with Gasteiger partial charge >= 0.3 is 17.9 Å². The Morgan fingerprint density at radius 3 is 1.97 bits per heavy atom. The lowest BCUT2D eigenvalue weighted by Gasteiger charge is -2.73. The standard InChI is InChI=1S/C54H83NO8/c1-13-62-46(60)32-19-26-55(27-20-32)44(57)36-28-33(48(36,4)5)29-41(56)54-23-16-34(31(2)3)43(54)35-14-15-40-51(10)21-18-42(63-47(61)38-30-37(45(58)59)49(38,6)7)50(8,9)39(51)17-22-53(40,12)52(35,11)24-25-54/h32-40,42-43H,2,13-30H2,1,3-12H3,(H,58,59)/t33?,34-,35+,36-,37-,38+,39-,40+,42-,43+,51-,52+,53+,54+/m0/s1. The van der Waals surface area contributed by atoms with E-state index in [4.69, 9.17) is 9.47 Å². The highest BCUT2D eigenvalue weighted by atomic mass is 16.5. The van der Waals surface area contributed by atoms with Gasteiger partial charge in [0.1, 0.15) is 11.9 Å². The molecular formula is C54H83NO8. The zero-order valence-corrected chi connectivity index (χ0v) is 41.0. The van der Waals surface area contributed by atoms with Crippen molar-refractivity contribution in [1.29, 1.82) is 0 Å². The van der Waals surface area contributed by atoms with Gasteiger partial charge in [0.25, 0.3) is 0 Å². The van der Waals surface area contributed by atoms with Crippen molar-refractivity contribution in [2.45, 2.75) is 179 Å². The lowest BCUT2D eigenvalue weighted by molar-refractivity contribution is -0.251. The Morgan fingerprint density at radius 2 is 1.37 bits per heavy atom. The van der Waals surface area contributed by atoms with E-state index in [-0.39, 0.29) is 80.1 Å². The monoisotopic (exact) mass is 874 g/mol. The van der Waals surface area contributed by atoms with Crippen LogP contribution in [-0.4, -0.2) is 65.4 Å². The van der Waals surface area contributed by atoms with Gasteiger partial charge in [-0.1, -0.05) is 74.5 Å². The first-order chi connectivity index (χ1) is 29.3. The molecule has 0 spiro atoms. The van der Waals surface area contributed by atoms with Gasteiger partial charge in [-0.05, 0) is 166 Å². The Labute approximate surface area is 379 Å². The topological polar surface area (TPSA) is 127 Å². The molecule has 1 heterocycles. The second kappa shape index (κ2) is 15.7. The summed E-state index contributed by atoms with van der Waals surface area (Å²) >= 11 is 0. The normalized spacial score (nSPS) is 44.5. The lowest BCUT2D eigenvalue weighted by Crippen LogP contribution is -2.67. The smallest absolute Gasteiger partial charge is 0.309 e. The van der Waals surface area contributed by atoms with Crippen LogP contribution in [0.25, 0.3) is 0 Å². The van der Waals surface area contributed by atoms with Gasteiger partial charge in [-0.2, -0.15) is 0 Å². The molecule has 0 aromatic rings. The van der Waals surface area contributed by atoms with E-state index in [1.54, 1.807) is 0 Å². The fourth-order valence-corrected chi connectivity index (χ4v) is 17.8. The first kappa shape index (κ1) is 46.8. The van der Waals surface area contributed by atoms with Crippen molar-refractivity contribution in [3.63, 3.8) is 0 Å². The molecule has 0 radical (unpaired) electrons. The number of amides is 1. The predicted molar refractivity (Wildman–Crippen MR) is 243 cm³/mol. The van der Waals surface area contributed by atoms with Crippen LogP contribution in [-0.2, 0) is 33.4 Å². The summed E-state index contributed by atoms with van der Waals surface area (Å²) in [6.45, 7) is 30.9. The molecule has 1 N–H and O–H groups in total. The van der Waals surface area contributed by atoms with Crippen LogP contribution in [0.5, 0.6) is 0 Å². The first-order valence-electron chi connectivity index (χ1n) is 25.4. The van der Waals surface area contributed by atoms with Crippen molar-refractivity contribution in [3.8, 4) is 0 Å². The number of rotatable bonds is 10. The number of hydrogen-bond acceptors (Lipinski definition) is 7. The quantitative estimate of drug-likeness (QED) is 0.170. The zero-order valence-electron chi connectivity index (χ0n) is 41.0. The molecule has 0 aromatic heterocycles. The summed E-state index contributed by atoms with van der Waals surface area (Å²) in [5, 5.41) is 9.71. The van der Waals surface area contributed by atoms with Gasteiger partial charge < -0.3 is 19.5 Å². The van der Waals surface area contributed by atoms with Crippen molar-refractivity contribution in [3.05, 3.63) is 12.2 Å². The fourth-order valence-electron chi connectivity index (χ4n) is 17.8. The number of carboxylic acids is 1. The minimum absolute atomic E-state index is 0.0916. The summed E-state index contributed by atoms with van der Waals surface area (Å²) in [7, 11) is 0.